The second kappa shape index (κ2) is 4.86. The normalized spacial score (nSPS) is 16.7. The van der Waals surface area contributed by atoms with Crippen molar-refractivity contribution in [3.8, 4) is 11.4 Å². The van der Waals surface area contributed by atoms with Gasteiger partial charge in [-0.3, -0.25) is 4.98 Å². The number of pyridine rings is 1. The summed E-state index contributed by atoms with van der Waals surface area (Å²) in [5, 5.41) is 4.02. The van der Waals surface area contributed by atoms with Crippen molar-refractivity contribution >= 4 is 0 Å². The molecule has 2 aromatic heterocycles. The van der Waals surface area contributed by atoms with Gasteiger partial charge in [-0.2, -0.15) is 4.98 Å². The third-order valence-electron chi connectivity index (χ3n) is 3.21. The fourth-order valence-electron chi connectivity index (χ4n) is 2.24. The molecule has 5 heteroatoms. The standard InChI is InChI=1S/C13H16N4O/c1-2-6-17-8-11(9-17)13-15-12(16-18-13)10-4-3-5-14-7-10/h3-5,7,11H,2,6,8-9H2,1H3. The van der Waals surface area contributed by atoms with Gasteiger partial charge in [0.25, 0.3) is 0 Å². The van der Waals surface area contributed by atoms with Crippen molar-refractivity contribution in [1.82, 2.24) is 20.0 Å². The molecule has 1 saturated heterocycles. The molecule has 1 fully saturated rings. The maximum atomic E-state index is 5.33. The van der Waals surface area contributed by atoms with Crippen LogP contribution in [0.5, 0.6) is 0 Å². The Morgan fingerprint density at radius 2 is 2.33 bits per heavy atom. The molecular weight excluding hydrogens is 228 g/mol. The van der Waals surface area contributed by atoms with E-state index in [9.17, 15) is 0 Å². The van der Waals surface area contributed by atoms with E-state index in [4.69, 9.17) is 4.52 Å². The van der Waals surface area contributed by atoms with E-state index in [1.165, 1.54) is 6.42 Å². The van der Waals surface area contributed by atoms with Crippen molar-refractivity contribution in [1.29, 1.82) is 0 Å². The summed E-state index contributed by atoms with van der Waals surface area (Å²) < 4.78 is 5.33. The van der Waals surface area contributed by atoms with E-state index in [1.54, 1.807) is 12.4 Å². The zero-order valence-electron chi connectivity index (χ0n) is 10.4. The van der Waals surface area contributed by atoms with Gasteiger partial charge in [0.2, 0.25) is 11.7 Å². The fourth-order valence-corrected chi connectivity index (χ4v) is 2.24. The van der Waals surface area contributed by atoms with Crippen LogP contribution in [0.3, 0.4) is 0 Å². The molecule has 0 saturated carbocycles. The maximum absolute atomic E-state index is 5.33. The molecule has 0 aromatic carbocycles. The van der Waals surface area contributed by atoms with Gasteiger partial charge in [-0.25, -0.2) is 0 Å². The Kier molecular flexibility index (Phi) is 3.06. The Morgan fingerprint density at radius 3 is 3.06 bits per heavy atom. The first-order valence-electron chi connectivity index (χ1n) is 6.33. The molecule has 0 aliphatic carbocycles. The zero-order valence-corrected chi connectivity index (χ0v) is 10.4. The second-order valence-electron chi connectivity index (χ2n) is 4.65. The van der Waals surface area contributed by atoms with Crippen molar-refractivity contribution in [3.05, 3.63) is 30.4 Å². The number of likely N-dealkylation sites (tertiary alicyclic amines) is 1. The van der Waals surface area contributed by atoms with Crippen molar-refractivity contribution < 1.29 is 4.52 Å². The van der Waals surface area contributed by atoms with Crippen LogP contribution in [-0.2, 0) is 0 Å². The lowest BCUT2D eigenvalue weighted by atomic mass is 10.00. The third-order valence-corrected chi connectivity index (χ3v) is 3.21. The minimum absolute atomic E-state index is 0.398. The van der Waals surface area contributed by atoms with Gasteiger partial charge in [0.15, 0.2) is 0 Å². The average Bonchev–Trinajstić information content (AvgIpc) is 2.83. The Bertz CT molecular complexity index is 505. The van der Waals surface area contributed by atoms with Gasteiger partial charge < -0.3 is 9.42 Å². The largest absolute Gasteiger partial charge is 0.339 e. The highest BCUT2D eigenvalue weighted by Crippen LogP contribution is 2.27. The summed E-state index contributed by atoms with van der Waals surface area (Å²) in [7, 11) is 0. The summed E-state index contributed by atoms with van der Waals surface area (Å²) in [5.41, 5.74) is 0.900. The van der Waals surface area contributed by atoms with E-state index in [0.29, 0.717) is 11.7 Å². The van der Waals surface area contributed by atoms with Crippen LogP contribution in [0, 0.1) is 0 Å². The first-order valence-corrected chi connectivity index (χ1v) is 6.33. The highest BCUT2D eigenvalue weighted by molar-refractivity contribution is 5.51. The molecule has 0 N–H and O–H groups in total. The summed E-state index contributed by atoms with van der Waals surface area (Å²) in [6.07, 6.45) is 4.68. The van der Waals surface area contributed by atoms with Crippen LogP contribution in [0.1, 0.15) is 25.2 Å². The summed E-state index contributed by atoms with van der Waals surface area (Å²) in [5.74, 6) is 1.78. The first kappa shape index (κ1) is 11.3. The molecule has 94 valence electrons. The molecule has 0 unspecified atom stereocenters. The SMILES string of the molecule is CCCN1CC(c2nc(-c3cccnc3)no2)C1. The van der Waals surface area contributed by atoms with Crippen molar-refractivity contribution in [3.63, 3.8) is 0 Å². The van der Waals surface area contributed by atoms with Crippen molar-refractivity contribution in [2.75, 3.05) is 19.6 Å². The smallest absolute Gasteiger partial charge is 0.232 e. The molecule has 2 aromatic rings. The molecule has 0 amide bonds. The Hall–Kier alpha value is -1.75. The lowest BCUT2D eigenvalue weighted by Gasteiger charge is -2.36. The van der Waals surface area contributed by atoms with E-state index < -0.39 is 0 Å². The average molecular weight is 244 g/mol. The molecule has 0 spiro atoms. The molecule has 0 bridgehead atoms. The van der Waals surface area contributed by atoms with Gasteiger partial charge in [0, 0.05) is 31.0 Å². The molecule has 0 atom stereocenters. The summed E-state index contributed by atoms with van der Waals surface area (Å²) in [4.78, 5) is 10.9. The molecule has 0 radical (unpaired) electrons. The minimum atomic E-state index is 0.398. The summed E-state index contributed by atoms with van der Waals surface area (Å²) in [6, 6.07) is 3.81. The highest BCUT2D eigenvalue weighted by atomic mass is 16.5. The monoisotopic (exact) mass is 244 g/mol. The predicted molar refractivity (Wildman–Crippen MR) is 67.0 cm³/mol. The van der Waals surface area contributed by atoms with Crippen molar-refractivity contribution in [2.45, 2.75) is 19.3 Å². The Morgan fingerprint density at radius 1 is 1.44 bits per heavy atom. The molecule has 3 rings (SSSR count). The topological polar surface area (TPSA) is 55.1 Å². The quantitative estimate of drug-likeness (QED) is 0.822. The molecule has 5 nitrogen and oxygen atoms in total. The van der Waals surface area contributed by atoms with Crippen LogP contribution in [0.15, 0.2) is 29.0 Å². The maximum Gasteiger partial charge on any atom is 0.232 e. The Labute approximate surface area is 106 Å². The van der Waals surface area contributed by atoms with E-state index in [1.807, 2.05) is 12.1 Å². The van der Waals surface area contributed by atoms with Gasteiger partial charge >= 0.3 is 0 Å². The molecule has 18 heavy (non-hydrogen) atoms. The van der Waals surface area contributed by atoms with E-state index >= 15 is 0 Å². The van der Waals surface area contributed by atoms with E-state index in [0.717, 1.165) is 31.1 Å². The lowest BCUT2D eigenvalue weighted by Crippen LogP contribution is -2.45. The van der Waals surface area contributed by atoms with Crippen LogP contribution in [0.25, 0.3) is 11.4 Å². The number of nitrogens with zero attached hydrogens (tertiary/aromatic N) is 4. The number of hydrogen-bond donors (Lipinski definition) is 0. The van der Waals surface area contributed by atoms with Crippen molar-refractivity contribution in [2.24, 2.45) is 0 Å². The van der Waals surface area contributed by atoms with Crippen LogP contribution in [-0.4, -0.2) is 39.7 Å². The third kappa shape index (κ3) is 2.13. The number of hydrogen-bond acceptors (Lipinski definition) is 5. The molecule has 3 heterocycles. The van der Waals surface area contributed by atoms with Gasteiger partial charge in [-0.1, -0.05) is 12.1 Å². The van der Waals surface area contributed by atoms with Crippen LogP contribution < -0.4 is 0 Å². The fraction of sp³-hybridized carbons (Fsp3) is 0.462. The highest BCUT2D eigenvalue weighted by Gasteiger charge is 2.31. The summed E-state index contributed by atoms with van der Waals surface area (Å²) >= 11 is 0. The van der Waals surface area contributed by atoms with Gasteiger partial charge in [-0.15, -0.1) is 0 Å². The van der Waals surface area contributed by atoms with Crippen LogP contribution in [0.2, 0.25) is 0 Å². The van der Waals surface area contributed by atoms with Gasteiger partial charge in [-0.05, 0) is 25.1 Å². The second-order valence-corrected chi connectivity index (χ2v) is 4.65. The van der Waals surface area contributed by atoms with Gasteiger partial charge in [0.05, 0.1) is 5.92 Å². The van der Waals surface area contributed by atoms with Crippen LogP contribution in [0.4, 0.5) is 0 Å². The Balaban J connectivity index is 1.68. The molecule has 1 aliphatic heterocycles. The molecular formula is C13H16N4O. The van der Waals surface area contributed by atoms with Gasteiger partial charge in [0.1, 0.15) is 0 Å². The first-order chi connectivity index (χ1) is 8.86. The molecule has 1 aliphatic rings. The lowest BCUT2D eigenvalue weighted by molar-refractivity contribution is 0.125. The number of rotatable bonds is 4. The van der Waals surface area contributed by atoms with Crippen LogP contribution >= 0.6 is 0 Å². The minimum Gasteiger partial charge on any atom is -0.339 e. The predicted octanol–water partition coefficient (Wildman–Crippen LogP) is 1.94. The zero-order chi connectivity index (χ0) is 12.4. The number of aromatic nitrogens is 3. The van der Waals surface area contributed by atoms with E-state index in [-0.39, 0.29) is 0 Å². The van der Waals surface area contributed by atoms with E-state index in [2.05, 4.69) is 26.9 Å². The summed E-state index contributed by atoms with van der Waals surface area (Å²) in [6.45, 7) is 5.41.